The molecule has 0 spiro atoms. The number of carbonyl (C=O) groups is 1. The molecule has 2 aromatic heterocycles. The van der Waals surface area contributed by atoms with Gasteiger partial charge in [0.1, 0.15) is 6.04 Å². The summed E-state index contributed by atoms with van der Waals surface area (Å²) >= 11 is 1.61. The molecule has 0 amide bonds. The van der Waals surface area contributed by atoms with E-state index in [0.717, 1.165) is 22.0 Å². The summed E-state index contributed by atoms with van der Waals surface area (Å²) in [4.78, 5) is 14.6. The lowest BCUT2D eigenvalue weighted by Gasteiger charge is -2.13. The number of nitrogens with one attached hydrogen (secondary N) is 2. The highest BCUT2D eigenvalue weighted by Crippen LogP contribution is 2.19. The smallest absolute Gasteiger partial charge is 0.321 e. The quantitative estimate of drug-likeness (QED) is 0.655. The number of H-pyrrole nitrogens is 1. The van der Waals surface area contributed by atoms with Crippen LogP contribution in [-0.2, 0) is 17.8 Å². The maximum absolute atomic E-state index is 11.5. The second kappa shape index (κ2) is 6.11. The van der Waals surface area contributed by atoms with Crippen LogP contribution in [0.15, 0.2) is 47.3 Å². The average molecular weight is 300 g/mol. The first-order valence-corrected chi connectivity index (χ1v) is 7.70. The first-order valence-electron chi connectivity index (χ1n) is 6.76. The minimum atomic E-state index is -0.824. The Hall–Kier alpha value is -2.11. The number of aromatic amines is 1. The highest BCUT2D eigenvalue weighted by molar-refractivity contribution is 7.07. The Morgan fingerprint density at radius 2 is 2.19 bits per heavy atom. The summed E-state index contributed by atoms with van der Waals surface area (Å²) in [6.45, 7) is 0.572. The van der Waals surface area contributed by atoms with Gasteiger partial charge in [-0.15, -0.1) is 0 Å². The van der Waals surface area contributed by atoms with Gasteiger partial charge < -0.3 is 10.1 Å². The molecule has 0 aliphatic rings. The number of hydrogen-bond acceptors (Lipinski definition) is 3. The molecule has 0 saturated heterocycles. The lowest BCUT2D eigenvalue weighted by molar-refractivity contribution is -0.139. The van der Waals surface area contributed by atoms with Crippen molar-refractivity contribution in [2.45, 2.75) is 19.0 Å². The van der Waals surface area contributed by atoms with Crippen molar-refractivity contribution in [2.75, 3.05) is 0 Å². The fourth-order valence-corrected chi connectivity index (χ4v) is 3.07. The maximum atomic E-state index is 11.5. The maximum Gasteiger partial charge on any atom is 0.321 e. The van der Waals surface area contributed by atoms with Crippen LogP contribution in [0.4, 0.5) is 0 Å². The van der Waals surface area contributed by atoms with Crippen LogP contribution in [0.25, 0.3) is 10.9 Å². The lowest BCUT2D eigenvalue weighted by Crippen LogP contribution is -2.37. The number of carboxylic acid groups (broad SMARTS) is 1. The third kappa shape index (κ3) is 3.15. The average Bonchev–Trinajstić information content (AvgIpc) is 3.13. The van der Waals surface area contributed by atoms with Crippen molar-refractivity contribution in [2.24, 2.45) is 0 Å². The summed E-state index contributed by atoms with van der Waals surface area (Å²) in [5.41, 5.74) is 3.18. The summed E-state index contributed by atoms with van der Waals surface area (Å²) in [6.07, 6.45) is 2.36. The number of para-hydroxylation sites is 1. The Bertz CT molecular complexity index is 734. The molecule has 0 saturated carbocycles. The minimum Gasteiger partial charge on any atom is -0.480 e. The van der Waals surface area contributed by atoms with Crippen molar-refractivity contribution in [3.63, 3.8) is 0 Å². The van der Waals surface area contributed by atoms with E-state index in [0.29, 0.717) is 13.0 Å². The Kier molecular flexibility index (Phi) is 4.03. The highest BCUT2D eigenvalue weighted by atomic mass is 32.1. The highest BCUT2D eigenvalue weighted by Gasteiger charge is 2.19. The van der Waals surface area contributed by atoms with Crippen LogP contribution in [0, 0.1) is 0 Å². The lowest BCUT2D eigenvalue weighted by atomic mass is 10.0. The molecule has 0 fully saturated rings. The molecule has 1 atom stereocenters. The molecule has 21 heavy (non-hydrogen) atoms. The number of benzene rings is 1. The van der Waals surface area contributed by atoms with E-state index in [2.05, 4.69) is 10.3 Å². The van der Waals surface area contributed by atoms with Crippen molar-refractivity contribution >= 4 is 28.2 Å². The van der Waals surface area contributed by atoms with E-state index in [4.69, 9.17) is 0 Å². The molecule has 0 radical (unpaired) electrons. The minimum absolute atomic E-state index is 0.462. The fourth-order valence-electron chi connectivity index (χ4n) is 2.40. The summed E-state index contributed by atoms with van der Waals surface area (Å²) < 4.78 is 0. The van der Waals surface area contributed by atoms with Crippen LogP contribution in [0.5, 0.6) is 0 Å². The molecular weight excluding hydrogens is 284 g/mol. The number of carboxylic acids is 1. The van der Waals surface area contributed by atoms with Crippen LogP contribution < -0.4 is 5.32 Å². The first-order chi connectivity index (χ1) is 10.2. The van der Waals surface area contributed by atoms with Gasteiger partial charge in [-0.1, -0.05) is 18.2 Å². The van der Waals surface area contributed by atoms with E-state index in [1.54, 1.807) is 11.3 Å². The van der Waals surface area contributed by atoms with Gasteiger partial charge in [0, 0.05) is 30.1 Å². The summed E-state index contributed by atoms with van der Waals surface area (Å²) in [5, 5.41) is 17.6. The summed E-state index contributed by atoms with van der Waals surface area (Å²) in [7, 11) is 0. The van der Waals surface area contributed by atoms with E-state index in [1.165, 1.54) is 0 Å². The van der Waals surface area contributed by atoms with Crippen LogP contribution in [0.2, 0.25) is 0 Å². The van der Waals surface area contributed by atoms with Crippen molar-refractivity contribution < 1.29 is 9.90 Å². The van der Waals surface area contributed by atoms with Gasteiger partial charge >= 0.3 is 5.97 Å². The van der Waals surface area contributed by atoms with Crippen molar-refractivity contribution in [1.82, 2.24) is 10.3 Å². The molecule has 3 rings (SSSR count). The molecule has 0 bridgehead atoms. The zero-order valence-corrected chi connectivity index (χ0v) is 12.2. The predicted molar refractivity (Wildman–Crippen MR) is 84.6 cm³/mol. The van der Waals surface area contributed by atoms with Gasteiger partial charge in [0.25, 0.3) is 0 Å². The standard InChI is InChI=1S/C16H16N2O2S/c19-16(20)15(17-8-11-5-6-21-10-11)7-12-9-18-14-4-2-1-3-13(12)14/h1-6,9-10,15,17-18H,7-8H2,(H,19,20)/t15-/m1/s1. The molecule has 0 unspecified atom stereocenters. The molecule has 4 nitrogen and oxygen atoms in total. The molecule has 5 heteroatoms. The molecule has 3 N–H and O–H groups in total. The number of fused-ring (bicyclic) bond motifs is 1. The van der Waals surface area contributed by atoms with E-state index in [9.17, 15) is 9.90 Å². The number of rotatable bonds is 6. The second-order valence-corrected chi connectivity index (χ2v) is 5.75. The van der Waals surface area contributed by atoms with Crippen LogP contribution >= 0.6 is 11.3 Å². The monoisotopic (exact) mass is 300 g/mol. The largest absolute Gasteiger partial charge is 0.480 e. The molecule has 2 heterocycles. The summed E-state index contributed by atoms with van der Waals surface area (Å²) in [6, 6.07) is 9.35. The number of aliphatic carboxylic acids is 1. The zero-order valence-electron chi connectivity index (χ0n) is 11.4. The topological polar surface area (TPSA) is 65.1 Å². The van der Waals surface area contributed by atoms with E-state index in [-0.39, 0.29) is 0 Å². The molecule has 0 aliphatic carbocycles. The van der Waals surface area contributed by atoms with E-state index >= 15 is 0 Å². The van der Waals surface area contributed by atoms with Gasteiger partial charge in [-0.05, 0) is 34.0 Å². The van der Waals surface area contributed by atoms with E-state index < -0.39 is 12.0 Å². The number of aromatic nitrogens is 1. The van der Waals surface area contributed by atoms with Gasteiger partial charge in [0.05, 0.1) is 0 Å². The van der Waals surface area contributed by atoms with Crippen LogP contribution in [0.3, 0.4) is 0 Å². The molecule has 108 valence electrons. The number of thiophene rings is 1. The molecule has 1 aromatic carbocycles. The molecule has 0 aliphatic heterocycles. The van der Waals surface area contributed by atoms with Gasteiger partial charge in [-0.3, -0.25) is 10.1 Å². The van der Waals surface area contributed by atoms with Gasteiger partial charge in [-0.2, -0.15) is 11.3 Å². The normalized spacial score (nSPS) is 12.6. The van der Waals surface area contributed by atoms with Crippen LogP contribution in [0.1, 0.15) is 11.1 Å². The van der Waals surface area contributed by atoms with Crippen LogP contribution in [-0.4, -0.2) is 22.1 Å². The number of hydrogen-bond donors (Lipinski definition) is 3. The second-order valence-electron chi connectivity index (χ2n) is 4.97. The first kappa shape index (κ1) is 13.9. The Morgan fingerprint density at radius 1 is 1.33 bits per heavy atom. The summed E-state index contributed by atoms with van der Waals surface area (Å²) in [5.74, 6) is -0.824. The third-order valence-electron chi connectivity index (χ3n) is 3.53. The van der Waals surface area contributed by atoms with Gasteiger partial charge in [0.2, 0.25) is 0 Å². The van der Waals surface area contributed by atoms with Gasteiger partial charge in [0.15, 0.2) is 0 Å². The predicted octanol–water partition coefficient (Wildman–Crippen LogP) is 3.01. The zero-order chi connectivity index (χ0) is 14.7. The molecule has 3 aromatic rings. The third-order valence-corrected chi connectivity index (χ3v) is 4.26. The molecular formula is C16H16N2O2S. The Balaban J connectivity index is 1.74. The van der Waals surface area contributed by atoms with E-state index in [1.807, 2.05) is 47.3 Å². The van der Waals surface area contributed by atoms with Gasteiger partial charge in [-0.25, -0.2) is 0 Å². The van der Waals surface area contributed by atoms with Crippen molar-refractivity contribution in [3.8, 4) is 0 Å². The fraction of sp³-hybridized carbons (Fsp3) is 0.188. The van der Waals surface area contributed by atoms with Crippen molar-refractivity contribution in [1.29, 1.82) is 0 Å². The SMILES string of the molecule is O=C(O)[C@@H](Cc1c[nH]c2ccccc12)NCc1ccsc1. The Morgan fingerprint density at radius 3 is 2.95 bits per heavy atom. The Labute approximate surface area is 126 Å². The van der Waals surface area contributed by atoms with Crippen molar-refractivity contribution in [3.05, 3.63) is 58.4 Å².